The van der Waals surface area contributed by atoms with Gasteiger partial charge >= 0.3 is 0 Å². The number of nitrogens with one attached hydrogen (secondary N) is 2. The average molecular weight is 288 g/mol. The van der Waals surface area contributed by atoms with E-state index < -0.39 is 5.91 Å². The third kappa shape index (κ3) is 2.90. The number of carbonyl (C=O) groups excluding carboxylic acids is 1. The van der Waals surface area contributed by atoms with Crippen LogP contribution in [0.4, 0.5) is 5.69 Å². The maximum absolute atomic E-state index is 11.4. The Morgan fingerprint density at radius 2 is 2.29 bits per heavy atom. The molecule has 0 fully saturated rings. The van der Waals surface area contributed by atoms with E-state index in [9.17, 15) is 4.79 Å². The van der Waals surface area contributed by atoms with E-state index >= 15 is 0 Å². The van der Waals surface area contributed by atoms with Gasteiger partial charge in [-0.3, -0.25) is 20.0 Å². The summed E-state index contributed by atoms with van der Waals surface area (Å²) in [5.74, 6) is -0.571. The number of carbonyl (C=O) groups is 1. The Morgan fingerprint density at radius 3 is 3.05 bits per heavy atom. The molecule has 0 saturated heterocycles. The molecule has 21 heavy (non-hydrogen) atoms. The Balaban J connectivity index is 0.00000176. The fourth-order valence-corrected chi connectivity index (χ4v) is 2.19. The Labute approximate surface area is 125 Å². The number of pyridine rings is 1. The van der Waals surface area contributed by atoms with Crippen LogP contribution < -0.4 is 10.8 Å². The smallest absolute Gasteiger partial charge is 0.276 e. The number of rotatable bonds is 3. The molecule has 0 bridgehead atoms. The van der Waals surface area contributed by atoms with Crippen LogP contribution in [-0.4, -0.2) is 28.4 Å². The number of hydroxylamine groups is 1. The minimum Gasteiger partial charge on any atom is -0.378 e. The lowest BCUT2D eigenvalue weighted by Crippen LogP contribution is -2.19. The molecule has 2 aromatic rings. The second kappa shape index (κ2) is 5.72. The van der Waals surface area contributed by atoms with Gasteiger partial charge in [0.25, 0.3) is 5.91 Å². The lowest BCUT2D eigenvalue weighted by molar-refractivity contribution is 0.0706. The molecule has 1 aliphatic rings. The van der Waals surface area contributed by atoms with Gasteiger partial charge in [0.15, 0.2) is 0 Å². The average Bonchev–Trinajstić information content (AvgIpc) is 2.54. The third-order valence-corrected chi connectivity index (χ3v) is 3.27. The highest BCUT2D eigenvalue weighted by molar-refractivity contribution is 5.97. The zero-order valence-corrected chi connectivity index (χ0v) is 11.2. The standard InChI is InChI=1S/C15H14N4O2.3H2/c20-15(19-21)11-7-10-1-2-13(8-14(10)17-9-11)18-12-3-5-16-6-4-12;;;/h1-3,5-9,12,18,21H,4H2,(H,19,20);3*1H. The molecule has 3 N–H and O–H groups in total. The number of fused-ring (bicyclic) bond motifs is 1. The molecule has 1 atom stereocenters. The van der Waals surface area contributed by atoms with Gasteiger partial charge in [0.2, 0.25) is 0 Å². The van der Waals surface area contributed by atoms with Crippen molar-refractivity contribution in [2.75, 3.05) is 5.32 Å². The summed E-state index contributed by atoms with van der Waals surface area (Å²) in [5, 5.41) is 12.9. The van der Waals surface area contributed by atoms with Crippen molar-refractivity contribution in [2.24, 2.45) is 4.99 Å². The van der Waals surface area contributed by atoms with E-state index in [1.165, 1.54) is 6.20 Å². The van der Waals surface area contributed by atoms with Gasteiger partial charge in [-0.15, -0.1) is 0 Å². The van der Waals surface area contributed by atoms with Gasteiger partial charge in [-0.25, -0.2) is 5.48 Å². The van der Waals surface area contributed by atoms with Gasteiger partial charge in [-0.1, -0.05) is 6.07 Å². The molecule has 1 aromatic heterocycles. The maximum Gasteiger partial charge on any atom is 0.276 e. The first kappa shape index (κ1) is 13.3. The molecule has 3 rings (SSSR count). The molecule has 0 spiro atoms. The van der Waals surface area contributed by atoms with E-state index in [0.29, 0.717) is 5.56 Å². The molecule has 0 radical (unpaired) electrons. The first-order valence-corrected chi connectivity index (χ1v) is 6.55. The van der Waals surface area contributed by atoms with E-state index in [4.69, 9.17) is 5.21 Å². The summed E-state index contributed by atoms with van der Waals surface area (Å²) >= 11 is 0. The van der Waals surface area contributed by atoms with Crippen molar-refractivity contribution in [3.8, 4) is 0 Å². The summed E-state index contributed by atoms with van der Waals surface area (Å²) in [6, 6.07) is 7.66. The quantitative estimate of drug-likeness (QED) is 0.598. The second-order valence-corrected chi connectivity index (χ2v) is 4.73. The van der Waals surface area contributed by atoms with Crippen LogP contribution in [0.15, 0.2) is 47.7 Å². The fraction of sp³-hybridized carbons (Fsp3) is 0.133. The molecule has 6 heteroatoms. The Kier molecular flexibility index (Phi) is 3.61. The molecule has 1 unspecified atom stereocenters. The van der Waals surface area contributed by atoms with Crippen molar-refractivity contribution < 1.29 is 14.3 Å². The van der Waals surface area contributed by atoms with Crippen LogP contribution in [0.3, 0.4) is 0 Å². The number of aromatic nitrogens is 1. The van der Waals surface area contributed by atoms with Gasteiger partial charge < -0.3 is 5.32 Å². The summed E-state index contributed by atoms with van der Waals surface area (Å²) < 4.78 is 0. The fourth-order valence-electron chi connectivity index (χ4n) is 2.19. The van der Waals surface area contributed by atoms with E-state index in [0.717, 1.165) is 23.0 Å². The van der Waals surface area contributed by atoms with Crippen LogP contribution in [0.2, 0.25) is 0 Å². The highest BCUT2D eigenvalue weighted by Crippen LogP contribution is 2.20. The molecule has 6 nitrogen and oxygen atoms in total. The van der Waals surface area contributed by atoms with Crippen LogP contribution >= 0.6 is 0 Å². The van der Waals surface area contributed by atoms with Crippen molar-refractivity contribution in [3.63, 3.8) is 0 Å². The van der Waals surface area contributed by atoms with Crippen LogP contribution in [-0.2, 0) is 0 Å². The summed E-state index contributed by atoms with van der Waals surface area (Å²) in [6.07, 6.45) is 7.94. The zero-order chi connectivity index (χ0) is 14.7. The van der Waals surface area contributed by atoms with Crippen LogP contribution in [0, 0.1) is 0 Å². The molecule has 112 valence electrons. The molecule has 0 saturated carbocycles. The van der Waals surface area contributed by atoms with Crippen molar-refractivity contribution in [1.29, 1.82) is 0 Å². The number of nitrogens with zero attached hydrogens (tertiary/aromatic N) is 2. The molecule has 1 aliphatic heterocycles. The predicted molar refractivity (Wildman–Crippen MR) is 87.0 cm³/mol. The van der Waals surface area contributed by atoms with E-state index in [1.807, 2.05) is 30.5 Å². The van der Waals surface area contributed by atoms with Crippen molar-refractivity contribution in [2.45, 2.75) is 12.5 Å². The van der Waals surface area contributed by atoms with Gasteiger partial charge in [0.05, 0.1) is 17.1 Å². The summed E-state index contributed by atoms with van der Waals surface area (Å²) in [5.41, 5.74) is 3.66. The van der Waals surface area contributed by atoms with E-state index in [1.54, 1.807) is 17.7 Å². The molecular formula is C15H20N4O2. The van der Waals surface area contributed by atoms with Crippen LogP contribution in [0.5, 0.6) is 0 Å². The molecule has 1 aromatic carbocycles. The summed E-state index contributed by atoms with van der Waals surface area (Å²) in [7, 11) is 0. The molecule has 0 aliphatic carbocycles. The van der Waals surface area contributed by atoms with Crippen molar-refractivity contribution in [3.05, 3.63) is 48.3 Å². The topological polar surface area (TPSA) is 86.6 Å². The normalized spacial score (nSPS) is 16.9. The highest BCUT2D eigenvalue weighted by atomic mass is 16.5. The van der Waals surface area contributed by atoms with Gasteiger partial charge in [-0.05, 0) is 24.3 Å². The first-order chi connectivity index (χ1) is 10.3. The second-order valence-electron chi connectivity index (χ2n) is 4.73. The number of benzene rings is 1. The Morgan fingerprint density at radius 1 is 1.38 bits per heavy atom. The van der Waals surface area contributed by atoms with Crippen LogP contribution in [0.25, 0.3) is 10.9 Å². The van der Waals surface area contributed by atoms with Crippen LogP contribution in [0.1, 0.15) is 21.1 Å². The molecule has 1 amide bonds. The summed E-state index contributed by atoms with van der Waals surface area (Å²) in [4.78, 5) is 19.6. The number of hydrogen-bond acceptors (Lipinski definition) is 5. The number of aliphatic imine (C=N–C) groups is 1. The Bertz CT molecular complexity index is 753. The molecular weight excluding hydrogens is 268 g/mol. The van der Waals surface area contributed by atoms with Gasteiger partial charge in [0, 0.05) is 40.4 Å². The van der Waals surface area contributed by atoms with Gasteiger partial charge in [0.1, 0.15) is 0 Å². The van der Waals surface area contributed by atoms with E-state index in [2.05, 4.69) is 15.3 Å². The SMILES string of the molecule is O=C(NO)c1cnc2cc(NC3C=CN=CC3)ccc2c1.[HH].[HH].[HH]. The number of anilines is 1. The maximum atomic E-state index is 11.4. The minimum absolute atomic E-state index is 0. The van der Waals surface area contributed by atoms with Crippen molar-refractivity contribution in [1.82, 2.24) is 10.5 Å². The molecule has 2 heterocycles. The minimum atomic E-state index is -0.571. The first-order valence-electron chi connectivity index (χ1n) is 6.55. The third-order valence-electron chi connectivity index (χ3n) is 3.27. The summed E-state index contributed by atoms with van der Waals surface area (Å²) in [6.45, 7) is 0. The highest BCUT2D eigenvalue weighted by Gasteiger charge is 2.08. The predicted octanol–water partition coefficient (Wildman–Crippen LogP) is 2.86. The lowest BCUT2D eigenvalue weighted by Gasteiger charge is -2.16. The number of amides is 1. The lowest BCUT2D eigenvalue weighted by atomic mass is 10.1. The van der Waals surface area contributed by atoms with Gasteiger partial charge in [-0.2, -0.15) is 0 Å². The number of hydrogen-bond donors (Lipinski definition) is 3. The van der Waals surface area contributed by atoms with E-state index in [-0.39, 0.29) is 10.3 Å². The Hall–Kier alpha value is -2.73. The van der Waals surface area contributed by atoms with Crippen molar-refractivity contribution >= 4 is 28.7 Å². The monoisotopic (exact) mass is 288 g/mol. The zero-order valence-electron chi connectivity index (χ0n) is 11.2. The largest absolute Gasteiger partial charge is 0.378 e.